The third kappa shape index (κ3) is 4.05. The molecule has 0 bridgehead atoms. The summed E-state index contributed by atoms with van der Waals surface area (Å²) < 4.78 is 34.2. The number of pyridine rings is 1. The Morgan fingerprint density at radius 3 is 2.69 bits per heavy atom. The van der Waals surface area contributed by atoms with Crippen LogP contribution < -0.4 is 9.46 Å². The van der Waals surface area contributed by atoms with Crippen LogP contribution in [0.5, 0.6) is 5.75 Å². The van der Waals surface area contributed by atoms with Crippen molar-refractivity contribution in [1.82, 2.24) is 9.97 Å². The summed E-state index contributed by atoms with van der Waals surface area (Å²) in [7, 11) is -3.87. The lowest BCUT2D eigenvalue weighted by Gasteiger charge is -2.11. The summed E-state index contributed by atoms with van der Waals surface area (Å²) in [5, 5.41) is 3.18. The number of nitrogens with zero attached hydrogens (tertiary/aromatic N) is 2. The molecule has 0 aliphatic rings. The quantitative estimate of drug-likeness (QED) is 0.440. The highest BCUT2D eigenvalue weighted by molar-refractivity contribution is 7.93. The largest absolute Gasteiger partial charge is 0.492 e. The van der Waals surface area contributed by atoms with Gasteiger partial charge in [0.25, 0.3) is 10.0 Å². The number of nitrogens with one attached hydrogen (secondary N) is 1. The molecule has 0 radical (unpaired) electrons. The van der Waals surface area contributed by atoms with Gasteiger partial charge in [0.2, 0.25) is 0 Å². The van der Waals surface area contributed by atoms with E-state index >= 15 is 0 Å². The van der Waals surface area contributed by atoms with Crippen molar-refractivity contribution in [2.45, 2.75) is 11.8 Å². The molecule has 0 fully saturated rings. The summed E-state index contributed by atoms with van der Waals surface area (Å²) in [6.45, 7) is 2.32. The zero-order valence-electron chi connectivity index (χ0n) is 15.3. The lowest BCUT2D eigenvalue weighted by atomic mass is 10.2. The second kappa shape index (κ2) is 7.98. The Kier molecular flexibility index (Phi) is 5.40. The van der Waals surface area contributed by atoms with Crippen LogP contribution in [0.25, 0.3) is 22.2 Å². The number of fused-ring (bicyclic) bond motifs is 1. The zero-order valence-corrected chi connectivity index (χ0v) is 17.7. The van der Waals surface area contributed by atoms with E-state index in [1.54, 1.807) is 41.9 Å². The van der Waals surface area contributed by atoms with E-state index in [9.17, 15) is 8.42 Å². The summed E-state index contributed by atoms with van der Waals surface area (Å²) in [4.78, 5) is 8.80. The number of aromatic nitrogens is 2. The van der Waals surface area contributed by atoms with Crippen LogP contribution in [0.2, 0.25) is 5.02 Å². The highest BCUT2D eigenvalue weighted by Crippen LogP contribution is 2.32. The van der Waals surface area contributed by atoms with Crippen LogP contribution in [-0.4, -0.2) is 25.0 Å². The van der Waals surface area contributed by atoms with Crippen LogP contribution in [0.15, 0.2) is 65.0 Å². The third-order valence-electron chi connectivity index (χ3n) is 4.15. The lowest BCUT2D eigenvalue weighted by molar-refractivity contribution is 0.343. The maximum atomic E-state index is 13.0. The van der Waals surface area contributed by atoms with Crippen LogP contribution >= 0.6 is 22.9 Å². The average Bonchev–Trinajstić information content (AvgIpc) is 3.16. The summed E-state index contributed by atoms with van der Waals surface area (Å²) in [5.41, 5.74) is 2.02. The highest BCUT2D eigenvalue weighted by atomic mass is 35.5. The maximum absolute atomic E-state index is 13.0. The number of sulfonamides is 1. The van der Waals surface area contributed by atoms with Crippen molar-refractivity contribution in [3.05, 3.63) is 65.1 Å². The van der Waals surface area contributed by atoms with Crippen molar-refractivity contribution >= 4 is 49.0 Å². The first-order valence-electron chi connectivity index (χ1n) is 8.73. The van der Waals surface area contributed by atoms with E-state index in [-0.39, 0.29) is 10.0 Å². The second-order valence-electron chi connectivity index (χ2n) is 6.04. The number of anilines is 1. The molecule has 6 nitrogen and oxygen atoms in total. The van der Waals surface area contributed by atoms with Gasteiger partial charge in [0.1, 0.15) is 11.3 Å². The molecule has 29 heavy (non-hydrogen) atoms. The second-order valence-corrected chi connectivity index (χ2v) is 8.99. The molecule has 2 aromatic heterocycles. The Bertz CT molecular complexity index is 1270. The summed E-state index contributed by atoms with van der Waals surface area (Å²) in [6, 6.07) is 13.7. The Hall–Kier alpha value is -2.68. The summed E-state index contributed by atoms with van der Waals surface area (Å²) in [6.07, 6.45) is 1.61. The van der Waals surface area contributed by atoms with Crippen molar-refractivity contribution in [1.29, 1.82) is 0 Å². The van der Waals surface area contributed by atoms with Crippen LogP contribution in [0.1, 0.15) is 6.92 Å². The molecule has 0 aliphatic heterocycles. The Labute approximate surface area is 177 Å². The Morgan fingerprint density at radius 1 is 1.14 bits per heavy atom. The molecule has 0 saturated carbocycles. The van der Waals surface area contributed by atoms with E-state index in [0.717, 1.165) is 5.56 Å². The molecule has 4 aromatic rings. The van der Waals surface area contributed by atoms with Gasteiger partial charge in [-0.25, -0.2) is 13.4 Å². The third-order valence-corrected chi connectivity index (χ3v) is 6.68. The first kappa shape index (κ1) is 19.6. The van der Waals surface area contributed by atoms with Gasteiger partial charge in [0.15, 0.2) is 5.13 Å². The fourth-order valence-corrected chi connectivity index (χ4v) is 5.17. The van der Waals surface area contributed by atoms with Gasteiger partial charge in [-0.05, 0) is 43.3 Å². The number of thiazole rings is 1. The predicted molar refractivity (Wildman–Crippen MR) is 116 cm³/mol. The van der Waals surface area contributed by atoms with Crippen LogP contribution in [0, 0.1) is 0 Å². The minimum atomic E-state index is -3.87. The highest BCUT2D eigenvalue weighted by Gasteiger charge is 2.21. The molecule has 4 rings (SSSR count). The number of benzene rings is 2. The van der Waals surface area contributed by atoms with Crippen molar-refractivity contribution in [3.8, 4) is 17.0 Å². The van der Waals surface area contributed by atoms with Crippen molar-refractivity contribution < 1.29 is 13.2 Å². The molecule has 2 heterocycles. The number of hydrogen-bond acceptors (Lipinski definition) is 6. The van der Waals surface area contributed by atoms with Gasteiger partial charge in [-0.3, -0.25) is 9.71 Å². The van der Waals surface area contributed by atoms with Crippen molar-refractivity contribution in [2.75, 3.05) is 11.3 Å². The monoisotopic (exact) mass is 445 g/mol. The van der Waals surface area contributed by atoms with E-state index in [1.807, 2.05) is 19.1 Å². The van der Waals surface area contributed by atoms with Gasteiger partial charge in [0.05, 0.1) is 17.2 Å². The predicted octanol–water partition coefficient (Wildman–Crippen LogP) is 5.21. The molecule has 0 aliphatic carbocycles. The van der Waals surface area contributed by atoms with E-state index in [1.165, 1.54) is 17.4 Å². The average molecular weight is 446 g/mol. The molecule has 2 aromatic carbocycles. The fourth-order valence-electron chi connectivity index (χ4n) is 2.87. The molecule has 0 amide bonds. The Balaban J connectivity index is 1.68. The van der Waals surface area contributed by atoms with Gasteiger partial charge in [-0.15, -0.1) is 11.3 Å². The smallest absolute Gasteiger partial charge is 0.264 e. The minimum Gasteiger partial charge on any atom is -0.492 e. The topological polar surface area (TPSA) is 81.2 Å². The summed E-state index contributed by atoms with van der Waals surface area (Å²) >= 11 is 7.13. The van der Waals surface area contributed by atoms with Crippen molar-refractivity contribution in [3.63, 3.8) is 0 Å². The number of halogens is 1. The van der Waals surface area contributed by atoms with Crippen molar-refractivity contribution in [2.24, 2.45) is 0 Å². The molecule has 9 heteroatoms. The number of rotatable bonds is 6. The minimum absolute atomic E-state index is 0.118. The van der Waals surface area contributed by atoms with Gasteiger partial charge >= 0.3 is 0 Å². The normalized spacial score (nSPS) is 11.5. The molecular weight excluding hydrogens is 430 g/mol. The summed E-state index contributed by atoms with van der Waals surface area (Å²) in [5.74, 6) is 0.543. The van der Waals surface area contributed by atoms with Gasteiger partial charge in [-0.2, -0.15) is 0 Å². The van der Waals surface area contributed by atoms with Crippen LogP contribution in [-0.2, 0) is 10.0 Å². The SMILES string of the molecule is CCOc1ccc(S(=O)(=O)Nc2nc(-c3ccc(Cl)cc3)cs2)c2cccnc12. The van der Waals surface area contributed by atoms with E-state index in [0.29, 0.717) is 34.0 Å². The zero-order chi connectivity index (χ0) is 20.4. The standard InChI is InChI=1S/C20H16ClN3O3S2/c1-2-27-17-9-10-18(15-4-3-11-22-19(15)17)29(25,26)24-20-23-16(12-28-20)13-5-7-14(21)8-6-13/h3-12H,2H2,1H3,(H,23,24). The van der Waals surface area contributed by atoms with Crippen LogP contribution in [0.4, 0.5) is 5.13 Å². The first-order chi connectivity index (χ1) is 14.0. The van der Waals surface area contributed by atoms with E-state index in [2.05, 4.69) is 14.7 Å². The van der Waals surface area contributed by atoms with Gasteiger partial charge < -0.3 is 4.74 Å². The number of ether oxygens (including phenoxy) is 1. The molecule has 0 atom stereocenters. The lowest BCUT2D eigenvalue weighted by Crippen LogP contribution is -2.13. The molecular formula is C20H16ClN3O3S2. The molecule has 0 spiro atoms. The molecule has 0 unspecified atom stereocenters. The fraction of sp³-hybridized carbons (Fsp3) is 0.100. The van der Waals surface area contributed by atoms with Gasteiger partial charge in [0, 0.05) is 27.5 Å². The first-order valence-corrected chi connectivity index (χ1v) is 11.5. The maximum Gasteiger partial charge on any atom is 0.264 e. The molecule has 1 N–H and O–H groups in total. The molecule has 148 valence electrons. The molecule has 0 saturated heterocycles. The van der Waals surface area contributed by atoms with Gasteiger partial charge in [-0.1, -0.05) is 23.7 Å². The van der Waals surface area contributed by atoms with E-state index in [4.69, 9.17) is 16.3 Å². The van der Waals surface area contributed by atoms with E-state index < -0.39 is 10.0 Å². The number of hydrogen-bond donors (Lipinski definition) is 1. The Morgan fingerprint density at radius 2 is 1.93 bits per heavy atom. The van der Waals surface area contributed by atoms with Crippen LogP contribution in [0.3, 0.4) is 0 Å².